The lowest BCUT2D eigenvalue weighted by molar-refractivity contribution is -0.379. The van der Waals surface area contributed by atoms with Crippen molar-refractivity contribution in [1.29, 1.82) is 0 Å². The first kappa shape index (κ1) is 89.0. The van der Waals surface area contributed by atoms with Gasteiger partial charge in [-0.15, -0.1) is 0 Å². The zero-order chi connectivity index (χ0) is 70.4. The molecular formula is C78H143NO18. The Balaban J connectivity index is 1.25. The summed E-state index contributed by atoms with van der Waals surface area (Å²) in [6.45, 7) is 1.72. The number of ether oxygens (including phenoxy) is 6. The van der Waals surface area contributed by atoms with Gasteiger partial charge in [0, 0.05) is 6.42 Å². The maximum Gasteiger partial charge on any atom is 0.220 e. The summed E-state index contributed by atoms with van der Waals surface area (Å²) in [6.07, 6.45) is 47.2. The second-order valence-corrected chi connectivity index (χ2v) is 28.2. The van der Waals surface area contributed by atoms with Crippen molar-refractivity contribution in [1.82, 2.24) is 5.32 Å². The van der Waals surface area contributed by atoms with Crippen molar-refractivity contribution >= 4 is 5.91 Å². The third kappa shape index (κ3) is 39.8. The first-order chi connectivity index (χ1) is 47.3. The molecule has 0 spiro atoms. The van der Waals surface area contributed by atoms with Gasteiger partial charge in [0.15, 0.2) is 18.9 Å². The molecule has 0 aromatic carbocycles. The first-order valence-electron chi connectivity index (χ1n) is 39.4. The van der Waals surface area contributed by atoms with Crippen LogP contribution in [0.25, 0.3) is 0 Å². The molecular weight excluding hydrogens is 1240 g/mol. The van der Waals surface area contributed by atoms with Crippen LogP contribution in [0.3, 0.4) is 0 Å². The number of carbonyl (C=O) groups is 1. The highest BCUT2D eigenvalue weighted by Crippen LogP contribution is 2.33. The summed E-state index contributed by atoms with van der Waals surface area (Å²) in [7, 11) is 0. The molecule has 3 fully saturated rings. The van der Waals surface area contributed by atoms with Crippen LogP contribution in [0.4, 0.5) is 0 Å². The van der Waals surface area contributed by atoms with Crippen LogP contribution in [0.15, 0.2) is 48.6 Å². The highest BCUT2D eigenvalue weighted by molar-refractivity contribution is 5.76. The molecule has 568 valence electrons. The summed E-state index contributed by atoms with van der Waals surface area (Å²) in [6, 6.07) is -0.970. The second-order valence-electron chi connectivity index (χ2n) is 28.2. The van der Waals surface area contributed by atoms with Crippen LogP contribution in [-0.2, 0) is 33.2 Å². The number of nitrogens with one attached hydrogen (secondary N) is 1. The molecule has 3 rings (SSSR count). The molecule has 0 aromatic rings. The van der Waals surface area contributed by atoms with E-state index in [9.17, 15) is 61.0 Å². The molecule has 19 heteroatoms. The fourth-order valence-electron chi connectivity index (χ4n) is 13.3. The summed E-state index contributed by atoms with van der Waals surface area (Å²) in [5, 5.41) is 120. The van der Waals surface area contributed by atoms with Gasteiger partial charge in [-0.2, -0.15) is 0 Å². The third-order valence-electron chi connectivity index (χ3n) is 19.6. The van der Waals surface area contributed by atoms with Crippen LogP contribution in [-0.4, -0.2) is 193 Å². The molecule has 3 aliphatic heterocycles. The Bertz CT molecular complexity index is 1940. The van der Waals surface area contributed by atoms with E-state index in [0.717, 1.165) is 57.8 Å². The summed E-state index contributed by atoms with van der Waals surface area (Å²) in [5.74, 6) is -0.272. The van der Waals surface area contributed by atoms with Crippen molar-refractivity contribution in [3.05, 3.63) is 48.6 Å². The van der Waals surface area contributed by atoms with Crippen molar-refractivity contribution in [2.75, 3.05) is 26.4 Å². The van der Waals surface area contributed by atoms with Gasteiger partial charge < -0.3 is 89.9 Å². The van der Waals surface area contributed by atoms with Crippen LogP contribution in [0.2, 0.25) is 0 Å². The Morgan fingerprint density at radius 2 is 0.680 bits per heavy atom. The standard InChI is InChI=1S/C78H143NO18/c1-3-5-7-9-11-13-15-16-17-18-19-20-21-22-23-24-25-26-27-28-29-30-31-32-33-34-35-36-37-38-39-40-41-42-43-44-46-48-50-52-54-56-66(84)79-61(62(83)55-53-51-49-47-45-14-12-10-8-6-4-2)60-92-76-72(90)69(87)74(64(58-81)94-76)97-78-73(91)70(88)75(65(59-82)95-78)96-77-71(89)68(86)67(85)63(57-80)93-77/h15-16,18-19,21-22,53,55,61-65,67-78,80-83,85-91H,3-14,17,20,23-52,54,56-60H2,1-2H3,(H,79,84)/b16-15-,19-18-,22-21-,55-53+. The average molecular weight is 1380 g/mol. The minimum absolute atomic E-state index is 0.247. The first-order valence-corrected chi connectivity index (χ1v) is 39.4. The molecule has 3 heterocycles. The molecule has 0 aromatic heterocycles. The van der Waals surface area contributed by atoms with E-state index in [4.69, 9.17) is 28.4 Å². The van der Waals surface area contributed by atoms with Crippen LogP contribution >= 0.6 is 0 Å². The molecule has 3 saturated heterocycles. The molecule has 17 atom stereocenters. The molecule has 97 heavy (non-hydrogen) atoms. The Kier molecular flexibility index (Phi) is 54.3. The Morgan fingerprint density at radius 1 is 0.371 bits per heavy atom. The van der Waals surface area contributed by atoms with Gasteiger partial charge in [-0.05, 0) is 57.8 Å². The zero-order valence-corrected chi connectivity index (χ0v) is 60.6. The molecule has 3 aliphatic rings. The number of hydrogen-bond donors (Lipinski definition) is 12. The number of aliphatic hydroxyl groups is 11. The average Bonchev–Trinajstić information content (AvgIpc) is 0.790. The Morgan fingerprint density at radius 3 is 1.06 bits per heavy atom. The van der Waals surface area contributed by atoms with Gasteiger partial charge >= 0.3 is 0 Å². The van der Waals surface area contributed by atoms with Gasteiger partial charge in [-0.3, -0.25) is 4.79 Å². The van der Waals surface area contributed by atoms with E-state index >= 15 is 0 Å². The van der Waals surface area contributed by atoms with Crippen molar-refractivity contribution < 1.29 is 89.4 Å². The second kappa shape index (κ2) is 59.2. The minimum Gasteiger partial charge on any atom is -0.394 e. The fourth-order valence-corrected chi connectivity index (χ4v) is 13.3. The lowest BCUT2D eigenvalue weighted by Crippen LogP contribution is -2.66. The van der Waals surface area contributed by atoms with Crippen molar-refractivity contribution in [3.8, 4) is 0 Å². The topological polar surface area (TPSA) is 307 Å². The Labute approximate surface area is 586 Å². The van der Waals surface area contributed by atoms with Crippen molar-refractivity contribution in [3.63, 3.8) is 0 Å². The number of unbranched alkanes of at least 4 members (excludes halogenated alkanes) is 40. The molecule has 0 aliphatic carbocycles. The zero-order valence-electron chi connectivity index (χ0n) is 60.6. The van der Waals surface area contributed by atoms with Gasteiger partial charge in [0.2, 0.25) is 5.91 Å². The van der Waals surface area contributed by atoms with Crippen LogP contribution in [0.1, 0.15) is 309 Å². The maximum atomic E-state index is 13.4. The smallest absolute Gasteiger partial charge is 0.220 e. The molecule has 19 nitrogen and oxygen atoms in total. The summed E-state index contributed by atoms with van der Waals surface area (Å²) < 4.78 is 34.3. The van der Waals surface area contributed by atoms with Crippen molar-refractivity contribution in [2.45, 2.75) is 413 Å². The van der Waals surface area contributed by atoms with E-state index < -0.39 is 124 Å². The highest BCUT2D eigenvalue weighted by Gasteiger charge is 2.53. The number of hydrogen-bond acceptors (Lipinski definition) is 18. The fraction of sp³-hybridized carbons (Fsp3) is 0.885. The van der Waals surface area contributed by atoms with Crippen LogP contribution < -0.4 is 5.32 Å². The lowest BCUT2D eigenvalue weighted by Gasteiger charge is -2.48. The van der Waals surface area contributed by atoms with E-state index in [0.29, 0.717) is 6.42 Å². The SMILES string of the molecule is CCCCCCC/C=C\C/C=C\C/C=C\CCCCCCCCCCCCCCCCCCCCCCCCCCCCC(=O)NC(COC1OC(CO)C(OC2OC(CO)C(OC3OC(CO)C(O)C(O)C3O)C(O)C2O)C(O)C1O)C(O)/C=C/CCCCCCCCCCC. The highest BCUT2D eigenvalue weighted by atomic mass is 16.8. The Hall–Kier alpha value is -2.25. The van der Waals surface area contributed by atoms with Gasteiger partial charge in [0.25, 0.3) is 0 Å². The quantitative estimate of drug-likeness (QED) is 0.0199. The summed E-state index contributed by atoms with van der Waals surface area (Å²) >= 11 is 0. The molecule has 0 radical (unpaired) electrons. The van der Waals surface area contributed by atoms with E-state index in [2.05, 4.69) is 55.6 Å². The number of amides is 1. The predicted molar refractivity (Wildman–Crippen MR) is 383 cm³/mol. The van der Waals surface area contributed by atoms with Gasteiger partial charge in [-0.1, -0.05) is 294 Å². The predicted octanol–water partition coefficient (Wildman–Crippen LogP) is 12.5. The number of aliphatic hydroxyl groups excluding tert-OH is 11. The lowest BCUT2D eigenvalue weighted by atomic mass is 9.96. The van der Waals surface area contributed by atoms with E-state index in [1.807, 2.05) is 6.08 Å². The summed E-state index contributed by atoms with van der Waals surface area (Å²) in [5.41, 5.74) is 0. The maximum absolute atomic E-state index is 13.4. The van der Waals surface area contributed by atoms with E-state index in [1.165, 1.54) is 225 Å². The van der Waals surface area contributed by atoms with Gasteiger partial charge in [0.05, 0.1) is 38.6 Å². The molecule has 1 amide bonds. The number of rotatable bonds is 62. The van der Waals surface area contributed by atoms with E-state index in [-0.39, 0.29) is 18.9 Å². The summed E-state index contributed by atoms with van der Waals surface area (Å²) in [4.78, 5) is 13.4. The van der Waals surface area contributed by atoms with Crippen LogP contribution in [0, 0.1) is 0 Å². The molecule has 12 N–H and O–H groups in total. The number of carbonyl (C=O) groups excluding carboxylic acids is 1. The molecule has 0 bridgehead atoms. The normalized spacial score (nSPS) is 27.1. The van der Waals surface area contributed by atoms with Gasteiger partial charge in [-0.25, -0.2) is 0 Å². The van der Waals surface area contributed by atoms with Crippen LogP contribution in [0.5, 0.6) is 0 Å². The van der Waals surface area contributed by atoms with Crippen molar-refractivity contribution in [2.24, 2.45) is 0 Å². The largest absolute Gasteiger partial charge is 0.394 e. The minimum atomic E-state index is -1.98. The van der Waals surface area contributed by atoms with Gasteiger partial charge in [0.1, 0.15) is 73.2 Å². The van der Waals surface area contributed by atoms with E-state index in [1.54, 1.807) is 6.08 Å². The molecule has 0 saturated carbocycles. The molecule has 17 unspecified atom stereocenters. The number of allylic oxidation sites excluding steroid dienone is 7. The third-order valence-corrected chi connectivity index (χ3v) is 19.6. The monoisotopic (exact) mass is 1380 g/mol.